The molecule has 3 rings (SSSR count). The highest BCUT2D eigenvalue weighted by atomic mass is 32.2. The lowest BCUT2D eigenvalue weighted by Crippen LogP contribution is -2.24. The molecule has 8 heteroatoms. The molecule has 28 heavy (non-hydrogen) atoms. The number of pyridine rings is 1. The number of sulfonamides is 1. The summed E-state index contributed by atoms with van der Waals surface area (Å²) in [6.45, 7) is -0.0319. The molecule has 0 bridgehead atoms. The van der Waals surface area contributed by atoms with Crippen molar-refractivity contribution < 1.29 is 22.3 Å². The van der Waals surface area contributed by atoms with Crippen molar-refractivity contribution in [2.45, 2.75) is 4.90 Å². The smallest absolute Gasteiger partial charge is 0.241 e. The summed E-state index contributed by atoms with van der Waals surface area (Å²) in [5, 5.41) is 1.00. The van der Waals surface area contributed by atoms with Gasteiger partial charge in [-0.1, -0.05) is 17.9 Å². The van der Waals surface area contributed by atoms with E-state index >= 15 is 0 Å². The fourth-order valence-electron chi connectivity index (χ4n) is 2.40. The number of fused-ring (bicyclic) bond motifs is 1. The number of ether oxygens (including phenoxy) is 2. The van der Waals surface area contributed by atoms with Gasteiger partial charge < -0.3 is 9.47 Å². The van der Waals surface area contributed by atoms with E-state index in [0.717, 1.165) is 17.0 Å². The van der Waals surface area contributed by atoms with E-state index in [1.165, 1.54) is 19.2 Å². The lowest BCUT2D eigenvalue weighted by atomic mass is 10.2. The zero-order valence-electron chi connectivity index (χ0n) is 15.0. The highest BCUT2D eigenvalue weighted by Gasteiger charge is 2.15. The molecule has 0 saturated heterocycles. The van der Waals surface area contributed by atoms with Crippen LogP contribution in [0.15, 0.2) is 59.6 Å². The third-order valence-electron chi connectivity index (χ3n) is 3.80. The lowest BCUT2D eigenvalue weighted by molar-refractivity contribution is 0.370. The van der Waals surface area contributed by atoms with Crippen LogP contribution in [0, 0.1) is 17.7 Å². The number of benzene rings is 2. The fourth-order valence-corrected chi connectivity index (χ4v) is 3.33. The maximum absolute atomic E-state index is 13.7. The number of rotatable bonds is 6. The molecule has 3 aromatic rings. The number of methoxy groups -OCH3 is 1. The van der Waals surface area contributed by atoms with Gasteiger partial charge in [-0.3, -0.25) is 4.98 Å². The van der Waals surface area contributed by atoms with Crippen molar-refractivity contribution in [2.24, 2.45) is 0 Å². The molecule has 1 heterocycles. The van der Waals surface area contributed by atoms with Crippen molar-refractivity contribution in [2.75, 3.05) is 20.3 Å². The van der Waals surface area contributed by atoms with E-state index < -0.39 is 15.8 Å². The highest BCUT2D eigenvalue weighted by molar-refractivity contribution is 7.89. The van der Waals surface area contributed by atoms with Gasteiger partial charge in [-0.25, -0.2) is 12.8 Å². The van der Waals surface area contributed by atoms with Gasteiger partial charge in [0.2, 0.25) is 10.0 Å². The van der Waals surface area contributed by atoms with Crippen LogP contribution in [0.5, 0.6) is 11.5 Å². The number of hydrogen-bond acceptors (Lipinski definition) is 5. The van der Waals surface area contributed by atoms with Crippen LogP contribution in [0.4, 0.5) is 4.39 Å². The molecule has 1 aromatic heterocycles. The molecule has 0 spiro atoms. The molecule has 144 valence electrons. The molecule has 0 aliphatic carbocycles. The zero-order valence-corrected chi connectivity index (χ0v) is 15.8. The van der Waals surface area contributed by atoms with Gasteiger partial charge in [-0.2, -0.15) is 4.72 Å². The van der Waals surface area contributed by atoms with Gasteiger partial charge in [0.1, 0.15) is 12.4 Å². The van der Waals surface area contributed by atoms with Gasteiger partial charge in [-0.15, -0.1) is 0 Å². The fraction of sp³-hybridized carbons (Fsp3) is 0.150. The van der Waals surface area contributed by atoms with E-state index in [0.29, 0.717) is 5.75 Å². The minimum absolute atomic E-state index is 0.0280. The van der Waals surface area contributed by atoms with Gasteiger partial charge >= 0.3 is 0 Å². The van der Waals surface area contributed by atoms with E-state index in [-0.39, 0.29) is 23.8 Å². The Labute approximate surface area is 162 Å². The Bertz CT molecular complexity index is 1150. The van der Waals surface area contributed by atoms with Gasteiger partial charge in [0, 0.05) is 17.6 Å². The standard InChI is InChI=1S/C20H17FN2O4S/c1-26-20-9-8-17(14-18(20)21)28(24,25)23-11-2-3-12-27-16-7-6-15-5-4-10-22-19(15)13-16/h4-10,13-14,23H,11-12H2,1H3. The van der Waals surface area contributed by atoms with Crippen LogP contribution in [-0.2, 0) is 10.0 Å². The van der Waals surface area contributed by atoms with Crippen molar-refractivity contribution in [3.63, 3.8) is 0 Å². The maximum Gasteiger partial charge on any atom is 0.241 e. The van der Waals surface area contributed by atoms with Crippen molar-refractivity contribution in [3.8, 4) is 23.3 Å². The van der Waals surface area contributed by atoms with E-state index in [9.17, 15) is 12.8 Å². The molecule has 0 aliphatic rings. The van der Waals surface area contributed by atoms with Crippen LogP contribution in [0.25, 0.3) is 10.9 Å². The summed E-state index contributed by atoms with van der Waals surface area (Å²) in [4.78, 5) is 4.04. The Morgan fingerprint density at radius 2 is 2.00 bits per heavy atom. The number of halogens is 1. The SMILES string of the molecule is COc1ccc(S(=O)(=O)NCC#CCOc2ccc3cccnc3c2)cc1F. The van der Waals surface area contributed by atoms with E-state index in [4.69, 9.17) is 9.47 Å². The number of nitrogens with zero attached hydrogens (tertiary/aromatic N) is 1. The van der Waals surface area contributed by atoms with Gasteiger partial charge in [0.15, 0.2) is 11.6 Å². The third-order valence-corrected chi connectivity index (χ3v) is 5.20. The van der Waals surface area contributed by atoms with Crippen LogP contribution >= 0.6 is 0 Å². The Balaban J connectivity index is 1.53. The molecule has 0 atom stereocenters. The summed E-state index contributed by atoms with van der Waals surface area (Å²) in [6, 6.07) is 12.7. The predicted molar refractivity (Wildman–Crippen MR) is 103 cm³/mol. The predicted octanol–water partition coefficient (Wildman–Crippen LogP) is 2.74. The molecule has 0 fully saturated rings. The summed E-state index contributed by atoms with van der Waals surface area (Å²) in [5.41, 5.74) is 0.812. The van der Waals surface area contributed by atoms with Gasteiger partial charge in [0.05, 0.1) is 24.1 Å². The average Bonchev–Trinajstić information content (AvgIpc) is 2.70. The first-order valence-electron chi connectivity index (χ1n) is 8.26. The van der Waals surface area contributed by atoms with Crippen molar-refractivity contribution >= 4 is 20.9 Å². The van der Waals surface area contributed by atoms with Crippen LogP contribution in [0.1, 0.15) is 0 Å². The van der Waals surface area contributed by atoms with E-state index in [1.807, 2.05) is 24.3 Å². The minimum atomic E-state index is -3.87. The maximum atomic E-state index is 13.7. The minimum Gasteiger partial charge on any atom is -0.494 e. The monoisotopic (exact) mass is 400 g/mol. The summed E-state index contributed by atoms with van der Waals surface area (Å²) < 4.78 is 50.5. The molecular weight excluding hydrogens is 383 g/mol. The number of hydrogen-bond donors (Lipinski definition) is 1. The first-order chi connectivity index (χ1) is 13.5. The number of aromatic nitrogens is 1. The zero-order chi connectivity index (χ0) is 20.0. The molecular formula is C20H17FN2O4S. The Morgan fingerprint density at radius 3 is 2.79 bits per heavy atom. The Morgan fingerprint density at radius 1 is 1.14 bits per heavy atom. The quantitative estimate of drug-likeness (QED) is 0.644. The molecule has 0 radical (unpaired) electrons. The van der Waals surface area contributed by atoms with Crippen LogP contribution in [-0.4, -0.2) is 33.7 Å². The molecule has 0 amide bonds. The Kier molecular flexibility index (Phi) is 6.09. The second-order valence-electron chi connectivity index (χ2n) is 5.62. The molecule has 0 aliphatic heterocycles. The molecule has 1 N–H and O–H groups in total. The summed E-state index contributed by atoms with van der Waals surface area (Å²) in [7, 11) is -2.57. The molecule has 0 unspecified atom stereocenters. The highest BCUT2D eigenvalue weighted by Crippen LogP contribution is 2.20. The number of nitrogens with one attached hydrogen (secondary N) is 1. The largest absolute Gasteiger partial charge is 0.494 e. The van der Waals surface area contributed by atoms with Crippen molar-refractivity contribution in [3.05, 3.63) is 60.5 Å². The lowest BCUT2D eigenvalue weighted by Gasteiger charge is -2.06. The van der Waals surface area contributed by atoms with E-state index in [2.05, 4.69) is 21.5 Å². The van der Waals surface area contributed by atoms with Crippen molar-refractivity contribution in [1.29, 1.82) is 0 Å². The van der Waals surface area contributed by atoms with Crippen LogP contribution < -0.4 is 14.2 Å². The Hall–Kier alpha value is -3.15. The molecule has 6 nitrogen and oxygen atoms in total. The molecule has 0 saturated carbocycles. The summed E-state index contributed by atoms with van der Waals surface area (Å²) in [5.74, 6) is 5.22. The van der Waals surface area contributed by atoms with Crippen LogP contribution in [0.3, 0.4) is 0 Å². The molecule has 2 aromatic carbocycles. The normalized spacial score (nSPS) is 10.9. The second kappa shape index (κ2) is 8.69. The summed E-state index contributed by atoms with van der Waals surface area (Å²) >= 11 is 0. The average molecular weight is 400 g/mol. The van der Waals surface area contributed by atoms with Crippen LogP contribution in [0.2, 0.25) is 0 Å². The van der Waals surface area contributed by atoms with E-state index in [1.54, 1.807) is 12.3 Å². The first-order valence-corrected chi connectivity index (χ1v) is 9.74. The topological polar surface area (TPSA) is 77.5 Å². The van der Waals surface area contributed by atoms with Gasteiger partial charge in [-0.05, 0) is 36.4 Å². The van der Waals surface area contributed by atoms with Crippen molar-refractivity contribution in [1.82, 2.24) is 9.71 Å². The second-order valence-corrected chi connectivity index (χ2v) is 7.39. The first kappa shape index (κ1) is 19.6. The van der Waals surface area contributed by atoms with Gasteiger partial charge in [0.25, 0.3) is 0 Å². The third kappa shape index (κ3) is 4.76. The summed E-state index contributed by atoms with van der Waals surface area (Å²) in [6.07, 6.45) is 1.70.